The molecule has 12 nitrogen and oxygen atoms in total. The fourth-order valence-corrected chi connectivity index (χ4v) is 17.9. The van der Waals surface area contributed by atoms with Gasteiger partial charge < -0.3 is 0 Å². The van der Waals surface area contributed by atoms with Gasteiger partial charge in [0.05, 0.1) is 84.3 Å². The molecule has 10 aromatic heterocycles. The minimum absolute atomic E-state index is 0.0871. The zero-order chi connectivity index (χ0) is 93.0. The second-order valence-electron chi connectivity index (χ2n) is 35.6. The molecule has 24 rings (SSSR count). The van der Waals surface area contributed by atoms with Crippen molar-refractivity contribution in [1.82, 2.24) is 59.8 Å². The quantitative estimate of drug-likeness (QED) is 0.0897. The van der Waals surface area contributed by atoms with Gasteiger partial charge in [0.1, 0.15) is 0 Å². The Kier molecular flexibility index (Phi) is 23.3. The number of rotatable bonds is 15. The van der Waals surface area contributed by atoms with Crippen molar-refractivity contribution in [3.63, 3.8) is 0 Å². The molecule has 0 aliphatic carbocycles. The first-order chi connectivity index (χ1) is 67.8. The lowest BCUT2D eigenvalue weighted by molar-refractivity contribution is 0.571. The molecule has 0 bridgehead atoms. The molecule has 0 amide bonds. The van der Waals surface area contributed by atoms with Crippen LogP contribution in [0.2, 0.25) is 0 Å². The number of benzene rings is 14. The van der Waals surface area contributed by atoms with Gasteiger partial charge in [0.25, 0.3) is 0 Å². The lowest BCUT2D eigenvalue weighted by Gasteiger charge is -2.19. The Bertz CT molecular complexity index is 8090. The number of hydrogen-bond acceptors (Lipinski definition) is 12. The SMILES string of the molecule is CC(C)(C)c1ccc2ccc3c(-c4ccc(-c5nc(-c6ccccc6)cc(-c6ccccc6)n5)cc4)cc(-c4cccnc4)nc3c2n1.Cc1ccc2ccc3c(-c4ccc(-c5cc(-c6ccccc6)cc(-c6ccccc6)n5)cc4)cc(-c4ccccc4)nc3c2n1.Cc1ccc2ccc3c(-c4ccc(-c5cc(-c6ccccc6)nc(-c6ccccc6)n5)cc4)cc(-c4ccccc4)nc3c2n1. The van der Waals surface area contributed by atoms with E-state index >= 15 is 0 Å². The topological polar surface area (TPSA) is 155 Å². The standard InChI is InChI=1S/C43H33N5.C42H29N3.C41H28N4/c1-43(2,3)39-23-21-31-20-22-34-35(25-36(33-15-10-24-44-27-33)45-41(34)40(31)48-39)28-16-18-32(19-17-28)42-46-37(29-11-6-4-7-12-29)26-38(47-42)30-13-8-5-9-14-30;1-28-17-18-34-23-24-36-37(27-40(32-15-9-4-10-16-32)45-42(36)41(34)43-28)30-19-21-33(22-20-30)39-26-35(29-11-5-2-6-12-29)25-38(44-39)31-13-7-3-8-14-31;1-27-17-18-32-23-24-34-35(25-36(29-11-5-2-6-12-29)43-40(34)39(32)42-27)28-19-21-31(22-20-28)38-26-37(30-13-7-3-8-14-30)44-41(45-38)33-15-9-4-10-16-33/h4-27H,1-3H3;2-27H,1H3;2-26H,1H3. The minimum atomic E-state index is -0.0871. The zero-order valence-electron chi connectivity index (χ0n) is 76.7. The van der Waals surface area contributed by atoms with Gasteiger partial charge in [-0.15, -0.1) is 0 Å². The molecule has 0 aliphatic rings. The lowest BCUT2D eigenvalue weighted by Crippen LogP contribution is -2.13. The van der Waals surface area contributed by atoms with Crippen molar-refractivity contribution in [3.05, 3.63) is 472 Å². The third kappa shape index (κ3) is 17.9. The van der Waals surface area contributed by atoms with E-state index in [1.807, 2.05) is 117 Å². The van der Waals surface area contributed by atoms with Gasteiger partial charge in [-0.2, -0.15) is 0 Å². The van der Waals surface area contributed by atoms with Gasteiger partial charge in [0.2, 0.25) is 0 Å². The molecule has 138 heavy (non-hydrogen) atoms. The molecule has 12 heteroatoms. The second-order valence-corrected chi connectivity index (χ2v) is 35.6. The summed E-state index contributed by atoms with van der Waals surface area (Å²) >= 11 is 0. The van der Waals surface area contributed by atoms with Crippen molar-refractivity contribution in [2.24, 2.45) is 0 Å². The molecule has 654 valence electrons. The summed E-state index contributed by atoms with van der Waals surface area (Å²) in [7, 11) is 0. The molecule has 0 atom stereocenters. The third-order valence-corrected chi connectivity index (χ3v) is 25.2. The van der Waals surface area contributed by atoms with Crippen LogP contribution in [0.15, 0.2) is 455 Å². The van der Waals surface area contributed by atoms with Gasteiger partial charge in [0.15, 0.2) is 11.6 Å². The molecule has 0 N–H and O–H groups in total. The third-order valence-electron chi connectivity index (χ3n) is 25.2. The highest BCUT2D eigenvalue weighted by atomic mass is 14.9. The molecule has 0 fully saturated rings. The predicted octanol–water partition coefficient (Wildman–Crippen LogP) is 31.6. The van der Waals surface area contributed by atoms with Crippen LogP contribution in [0, 0.1) is 13.8 Å². The first-order valence-corrected chi connectivity index (χ1v) is 46.4. The molecule has 0 aliphatic heterocycles. The van der Waals surface area contributed by atoms with E-state index in [2.05, 4.69) is 372 Å². The Balaban J connectivity index is 0.000000120. The smallest absolute Gasteiger partial charge is 0.160 e. The Labute approximate surface area is 800 Å². The molecular weight excluding hydrogens is 1680 g/mol. The summed E-state index contributed by atoms with van der Waals surface area (Å²) in [5.41, 5.74) is 36.9. The molecule has 0 unspecified atom stereocenters. The Hall–Kier alpha value is -18.0. The number of hydrogen-bond donors (Lipinski definition) is 0. The van der Waals surface area contributed by atoms with E-state index in [1.54, 1.807) is 6.20 Å². The molecule has 0 radical (unpaired) electrons. The van der Waals surface area contributed by atoms with E-state index in [1.165, 1.54) is 5.56 Å². The highest BCUT2D eigenvalue weighted by Crippen LogP contribution is 2.43. The zero-order valence-corrected chi connectivity index (χ0v) is 76.7. The normalized spacial score (nSPS) is 11.4. The van der Waals surface area contributed by atoms with Crippen molar-refractivity contribution in [1.29, 1.82) is 0 Å². The average molecular weight is 1770 g/mol. The van der Waals surface area contributed by atoms with Crippen molar-refractivity contribution in [2.45, 2.75) is 40.0 Å². The molecule has 14 aromatic carbocycles. The Morgan fingerprint density at radius 3 is 0.768 bits per heavy atom. The van der Waals surface area contributed by atoms with Gasteiger partial charge in [0, 0.05) is 128 Å². The van der Waals surface area contributed by atoms with Crippen LogP contribution >= 0.6 is 0 Å². The van der Waals surface area contributed by atoms with Crippen LogP contribution in [-0.2, 0) is 5.41 Å². The van der Waals surface area contributed by atoms with Crippen LogP contribution in [0.4, 0.5) is 0 Å². The summed E-state index contributed by atoms with van der Waals surface area (Å²) in [5.74, 6) is 1.39. The number of pyridine rings is 8. The first-order valence-electron chi connectivity index (χ1n) is 46.4. The lowest BCUT2D eigenvalue weighted by atomic mass is 9.91. The van der Waals surface area contributed by atoms with Crippen molar-refractivity contribution in [2.75, 3.05) is 0 Å². The summed E-state index contributed by atoms with van der Waals surface area (Å²) in [6.07, 6.45) is 3.65. The first kappa shape index (κ1) is 85.5. The van der Waals surface area contributed by atoms with Crippen molar-refractivity contribution < 1.29 is 0 Å². The summed E-state index contributed by atoms with van der Waals surface area (Å²) < 4.78 is 0. The van der Waals surface area contributed by atoms with Crippen LogP contribution in [-0.4, -0.2) is 59.8 Å². The number of aryl methyl sites for hydroxylation is 2. The summed E-state index contributed by atoms with van der Waals surface area (Å²) in [4.78, 5) is 60.1. The second kappa shape index (κ2) is 37.6. The van der Waals surface area contributed by atoms with Crippen LogP contribution in [0.25, 0.3) is 234 Å². The summed E-state index contributed by atoms with van der Waals surface area (Å²) in [5, 5.41) is 6.45. The van der Waals surface area contributed by atoms with Gasteiger partial charge >= 0.3 is 0 Å². The fraction of sp³-hybridized carbons (Fsp3) is 0.0476. The molecular formula is C126H90N12. The van der Waals surface area contributed by atoms with E-state index < -0.39 is 0 Å². The highest BCUT2D eigenvalue weighted by Gasteiger charge is 2.23. The molecule has 0 spiro atoms. The number of fused-ring (bicyclic) bond motifs is 9. The van der Waals surface area contributed by atoms with Crippen molar-refractivity contribution >= 4 is 65.4 Å². The minimum Gasteiger partial charge on any atom is -0.264 e. The van der Waals surface area contributed by atoms with Gasteiger partial charge in [-0.3, -0.25) is 15.0 Å². The van der Waals surface area contributed by atoms with Crippen molar-refractivity contribution in [3.8, 4) is 169 Å². The molecule has 10 heterocycles. The van der Waals surface area contributed by atoms with E-state index in [0.717, 1.165) is 234 Å². The van der Waals surface area contributed by atoms with Crippen LogP contribution in [0.5, 0.6) is 0 Å². The predicted molar refractivity (Wildman–Crippen MR) is 568 cm³/mol. The summed E-state index contributed by atoms with van der Waals surface area (Å²) in [6.45, 7) is 10.6. The van der Waals surface area contributed by atoms with Crippen LogP contribution < -0.4 is 0 Å². The largest absolute Gasteiger partial charge is 0.264 e. The Morgan fingerprint density at radius 2 is 0.435 bits per heavy atom. The highest BCUT2D eigenvalue weighted by molar-refractivity contribution is 6.12. The number of aromatic nitrogens is 12. The number of nitrogens with zero attached hydrogens (tertiary/aromatic N) is 12. The summed E-state index contributed by atoms with van der Waals surface area (Å²) in [6, 6.07) is 153. The van der Waals surface area contributed by atoms with E-state index in [9.17, 15) is 0 Å². The van der Waals surface area contributed by atoms with Crippen LogP contribution in [0.1, 0.15) is 37.9 Å². The maximum absolute atomic E-state index is 5.20. The van der Waals surface area contributed by atoms with Gasteiger partial charge in [-0.25, -0.2) is 44.9 Å². The maximum Gasteiger partial charge on any atom is 0.160 e. The van der Waals surface area contributed by atoms with E-state index in [-0.39, 0.29) is 5.41 Å². The maximum atomic E-state index is 5.20. The van der Waals surface area contributed by atoms with E-state index in [4.69, 9.17) is 54.8 Å². The Morgan fingerprint density at radius 1 is 0.174 bits per heavy atom. The van der Waals surface area contributed by atoms with Gasteiger partial charge in [-0.1, -0.05) is 391 Å². The fourth-order valence-electron chi connectivity index (χ4n) is 17.9. The molecule has 24 aromatic rings. The average Bonchev–Trinajstić information content (AvgIpc) is 0.757. The molecule has 0 saturated carbocycles. The van der Waals surface area contributed by atoms with Gasteiger partial charge in [-0.05, 0) is 131 Å². The van der Waals surface area contributed by atoms with Crippen LogP contribution in [0.3, 0.4) is 0 Å². The van der Waals surface area contributed by atoms with E-state index in [0.29, 0.717) is 11.6 Å². The monoisotopic (exact) mass is 1770 g/mol. The molecule has 0 saturated heterocycles.